The van der Waals surface area contributed by atoms with E-state index in [0.717, 1.165) is 37.2 Å². The Kier molecular flexibility index (Phi) is 7.72. The molecule has 2 atom stereocenters. The van der Waals surface area contributed by atoms with Crippen molar-refractivity contribution in [1.29, 1.82) is 0 Å². The molecule has 26 heavy (non-hydrogen) atoms. The van der Waals surface area contributed by atoms with E-state index in [2.05, 4.69) is 10.6 Å². The van der Waals surface area contributed by atoms with Crippen molar-refractivity contribution in [2.75, 3.05) is 26.7 Å². The average Bonchev–Trinajstić information content (AvgIpc) is 3.26. The maximum atomic E-state index is 12.5. The third-order valence-corrected chi connectivity index (χ3v) is 5.11. The molecule has 2 amide bonds. The number of halogens is 1. The quantitative estimate of drug-likeness (QED) is 0.754. The summed E-state index contributed by atoms with van der Waals surface area (Å²) in [5.41, 5.74) is 1.06. The maximum absolute atomic E-state index is 12.5. The van der Waals surface area contributed by atoms with Gasteiger partial charge in [0.2, 0.25) is 11.8 Å². The summed E-state index contributed by atoms with van der Waals surface area (Å²) in [4.78, 5) is 26.4. The fraction of sp³-hybridized carbons (Fsp3) is 0.579. The van der Waals surface area contributed by atoms with Crippen LogP contribution in [-0.2, 0) is 16.1 Å². The van der Waals surface area contributed by atoms with Gasteiger partial charge in [0.1, 0.15) is 11.8 Å². The van der Waals surface area contributed by atoms with E-state index in [1.165, 1.54) is 0 Å². The van der Waals surface area contributed by atoms with Crippen LogP contribution in [0.25, 0.3) is 0 Å². The van der Waals surface area contributed by atoms with E-state index < -0.39 is 0 Å². The van der Waals surface area contributed by atoms with Crippen molar-refractivity contribution in [3.63, 3.8) is 0 Å². The number of amides is 2. The van der Waals surface area contributed by atoms with Crippen LogP contribution in [0.3, 0.4) is 0 Å². The first-order chi connectivity index (χ1) is 12.2. The van der Waals surface area contributed by atoms with Crippen LogP contribution in [0.2, 0.25) is 0 Å². The third-order valence-electron chi connectivity index (χ3n) is 5.11. The highest BCUT2D eigenvalue weighted by Gasteiger charge is 2.32. The normalized spacial score (nSPS) is 22.2. The summed E-state index contributed by atoms with van der Waals surface area (Å²) >= 11 is 0. The molecule has 0 saturated carbocycles. The second-order valence-corrected chi connectivity index (χ2v) is 6.91. The number of rotatable bonds is 7. The molecule has 2 aliphatic heterocycles. The van der Waals surface area contributed by atoms with Gasteiger partial charge in [0.25, 0.3) is 0 Å². The molecule has 2 N–H and O–H groups in total. The molecule has 1 aromatic rings. The molecule has 2 unspecified atom stereocenters. The standard InChI is InChI=1S/C19H27N3O3.ClH/c1-25-16-5-2-15(3-6-16)13-22-11-9-17(19(22)24)21-18(23)7-4-14-8-10-20-12-14;/h2-3,5-6,14,17,20H,4,7-13H2,1H3,(H,21,23);1H. The number of likely N-dealkylation sites (tertiary alicyclic amines) is 1. The molecule has 144 valence electrons. The number of hydrogen-bond acceptors (Lipinski definition) is 4. The first kappa shape index (κ1) is 20.5. The van der Waals surface area contributed by atoms with Gasteiger partial charge in [-0.1, -0.05) is 12.1 Å². The summed E-state index contributed by atoms with van der Waals surface area (Å²) < 4.78 is 5.15. The van der Waals surface area contributed by atoms with Gasteiger partial charge in [-0.2, -0.15) is 0 Å². The van der Waals surface area contributed by atoms with E-state index in [0.29, 0.717) is 31.8 Å². The summed E-state index contributed by atoms with van der Waals surface area (Å²) in [6, 6.07) is 7.36. The summed E-state index contributed by atoms with van der Waals surface area (Å²) in [5, 5.41) is 6.23. The number of methoxy groups -OCH3 is 1. The predicted molar refractivity (Wildman–Crippen MR) is 102 cm³/mol. The molecule has 0 bridgehead atoms. The lowest BCUT2D eigenvalue weighted by Gasteiger charge is -2.17. The Bertz CT molecular complexity index is 603. The van der Waals surface area contributed by atoms with Crippen molar-refractivity contribution in [1.82, 2.24) is 15.5 Å². The number of nitrogens with one attached hydrogen (secondary N) is 2. The van der Waals surface area contributed by atoms with Crippen molar-refractivity contribution in [2.45, 2.75) is 38.3 Å². The van der Waals surface area contributed by atoms with Crippen molar-refractivity contribution in [3.05, 3.63) is 29.8 Å². The molecule has 2 fully saturated rings. The van der Waals surface area contributed by atoms with Crippen LogP contribution in [0.4, 0.5) is 0 Å². The largest absolute Gasteiger partial charge is 0.497 e. The minimum atomic E-state index is -0.368. The van der Waals surface area contributed by atoms with Gasteiger partial charge in [-0.3, -0.25) is 9.59 Å². The van der Waals surface area contributed by atoms with Gasteiger partial charge < -0.3 is 20.3 Å². The molecule has 2 heterocycles. The van der Waals surface area contributed by atoms with Crippen LogP contribution < -0.4 is 15.4 Å². The number of benzene rings is 1. The smallest absolute Gasteiger partial charge is 0.245 e. The molecule has 7 heteroatoms. The van der Waals surface area contributed by atoms with E-state index in [1.54, 1.807) is 7.11 Å². The minimum Gasteiger partial charge on any atom is -0.497 e. The zero-order valence-electron chi connectivity index (χ0n) is 15.2. The van der Waals surface area contributed by atoms with Crippen LogP contribution in [0.15, 0.2) is 24.3 Å². The highest BCUT2D eigenvalue weighted by atomic mass is 35.5. The predicted octanol–water partition coefficient (Wildman–Crippen LogP) is 1.72. The third kappa shape index (κ3) is 5.35. The zero-order chi connectivity index (χ0) is 17.6. The van der Waals surface area contributed by atoms with Crippen LogP contribution >= 0.6 is 12.4 Å². The number of hydrogen-bond donors (Lipinski definition) is 2. The Labute approximate surface area is 161 Å². The average molecular weight is 382 g/mol. The monoisotopic (exact) mass is 381 g/mol. The Morgan fingerprint density at radius 2 is 2.08 bits per heavy atom. The summed E-state index contributed by atoms with van der Waals surface area (Å²) in [5.74, 6) is 1.42. The lowest BCUT2D eigenvalue weighted by molar-refractivity contribution is -0.133. The molecule has 0 radical (unpaired) electrons. The highest BCUT2D eigenvalue weighted by molar-refractivity contribution is 5.89. The van der Waals surface area contributed by atoms with E-state index in [1.807, 2.05) is 29.2 Å². The van der Waals surface area contributed by atoms with Gasteiger partial charge in [-0.25, -0.2) is 0 Å². The number of nitrogens with zero attached hydrogens (tertiary/aromatic N) is 1. The first-order valence-electron chi connectivity index (χ1n) is 9.07. The van der Waals surface area contributed by atoms with Gasteiger partial charge in [0.15, 0.2) is 0 Å². The van der Waals surface area contributed by atoms with Crippen LogP contribution in [0.1, 0.15) is 31.2 Å². The summed E-state index contributed by atoms with van der Waals surface area (Å²) in [7, 11) is 1.63. The molecular formula is C19H28ClN3O3. The molecule has 1 aromatic carbocycles. The molecule has 2 aliphatic rings. The molecule has 0 aliphatic carbocycles. The molecular weight excluding hydrogens is 354 g/mol. The molecule has 3 rings (SSSR count). The topological polar surface area (TPSA) is 70.7 Å². The lowest BCUT2D eigenvalue weighted by Crippen LogP contribution is -2.41. The fourth-order valence-corrected chi connectivity index (χ4v) is 3.54. The molecule has 0 spiro atoms. The van der Waals surface area contributed by atoms with Gasteiger partial charge in [0.05, 0.1) is 7.11 Å². The number of ether oxygens (including phenoxy) is 1. The fourth-order valence-electron chi connectivity index (χ4n) is 3.54. The Balaban J connectivity index is 0.00000243. The highest BCUT2D eigenvalue weighted by Crippen LogP contribution is 2.18. The van der Waals surface area contributed by atoms with Crippen molar-refractivity contribution >= 4 is 24.2 Å². The van der Waals surface area contributed by atoms with Gasteiger partial charge in [0, 0.05) is 19.5 Å². The second kappa shape index (κ2) is 9.78. The van der Waals surface area contributed by atoms with E-state index in [4.69, 9.17) is 4.74 Å². The van der Waals surface area contributed by atoms with Crippen molar-refractivity contribution in [2.24, 2.45) is 5.92 Å². The van der Waals surface area contributed by atoms with E-state index in [9.17, 15) is 9.59 Å². The van der Waals surface area contributed by atoms with Crippen molar-refractivity contribution < 1.29 is 14.3 Å². The maximum Gasteiger partial charge on any atom is 0.245 e. The Morgan fingerprint density at radius 1 is 1.31 bits per heavy atom. The van der Waals surface area contributed by atoms with Gasteiger partial charge >= 0.3 is 0 Å². The van der Waals surface area contributed by atoms with Crippen LogP contribution in [0.5, 0.6) is 5.75 Å². The van der Waals surface area contributed by atoms with Gasteiger partial charge in [-0.15, -0.1) is 12.4 Å². The minimum absolute atomic E-state index is 0. The molecule has 0 aromatic heterocycles. The summed E-state index contributed by atoms with van der Waals surface area (Å²) in [6.07, 6.45) is 3.24. The Hall–Kier alpha value is -1.79. The van der Waals surface area contributed by atoms with Gasteiger partial charge in [-0.05, 0) is 56.0 Å². The SMILES string of the molecule is COc1ccc(CN2CCC(NC(=O)CCC3CCNC3)C2=O)cc1.Cl. The van der Waals surface area contributed by atoms with Crippen LogP contribution in [0, 0.1) is 5.92 Å². The number of carbonyl (C=O) groups is 2. The van der Waals surface area contributed by atoms with Crippen LogP contribution in [-0.4, -0.2) is 49.5 Å². The van der Waals surface area contributed by atoms with E-state index >= 15 is 0 Å². The Morgan fingerprint density at radius 3 is 2.73 bits per heavy atom. The summed E-state index contributed by atoms with van der Waals surface area (Å²) in [6.45, 7) is 3.31. The molecule has 2 saturated heterocycles. The molecule has 6 nitrogen and oxygen atoms in total. The van der Waals surface area contributed by atoms with E-state index in [-0.39, 0.29) is 30.3 Å². The lowest BCUT2D eigenvalue weighted by atomic mass is 10.0. The number of carbonyl (C=O) groups excluding carboxylic acids is 2. The first-order valence-corrected chi connectivity index (χ1v) is 9.07. The zero-order valence-corrected chi connectivity index (χ0v) is 16.0. The van der Waals surface area contributed by atoms with Crippen molar-refractivity contribution in [3.8, 4) is 5.75 Å². The second-order valence-electron chi connectivity index (χ2n) is 6.91.